The average molecular weight is 157 g/mol. The molecule has 0 bridgehead atoms. The lowest BCUT2D eigenvalue weighted by molar-refractivity contribution is -0.122. The third kappa shape index (κ3) is 1.48. The zero-order valence-electron chi connectivity index (χ0n) is 6.66. The Hall–Kier alpha value is -0.700. The summed E-state index contributed by atoms with van der Waals surface area (Å²) in [4.78, 5) is 13.6. The Labute approximate surface area is 65.2 Å². The Bertz CT molecular complexity index is 178. The van der Waals surface area contributed by atoms with Gasteiger partial charge < -0.3 is 9.47 Å². The lowest BCUT2D eigenvalue weighted by Crippen LogP contribution is -2.29. The van der Waals surface area contributed by atoms with Crippen molar-refractivity contribution in [3.05, 3.63) is 0 Å². The summed E-state index contributed by atoms with van der Waals surface area (Å²) in [6.07, 6.45) is 2.82. The Balaban J connectivity index is 2.62. The molecule has 4 nitrogen and oxygen atoms in total. The smallest absolute Gasteiger partial charge is 0.235 e. The van der Waals surface area contributed by atoms with Gasteiger partial charge in [-0.25, -0.2) is 4.79 Å². The molecule has 0 aromatic carbocycles. The van der Waals surface area contributed by atoms with Gasteiger partial charge in [-0.1, -0.05) is 0 Å². The van der Waals surface area contributed by atoms with Gasteiger partial charge in [-0.15, -0.1) is 0 Å². The summed E-state index contributed by atoms with van der Waals surface area (Å²) >= 11 is 0. The number of ether oxygens (including phenoxy) is 2. The predicted octanol–water partition coefficient (Wildman–Crippen LogP) is 0.474. The van der Waals surface area contributed by atoms with Crippen LogP contribution < -0.4 is 0 Å². The van der Waals surface area contributed by atoms with E-state index in [1.165, 1.54) is 20.3 Å². The number of aliphatic imine (C=N–C) groups is 1. The second-order valence-corrected chi connectivity index (χ2v) is 2.61. The van der Waals surface area contributed by atoms with Gasteiger partial charge in [0.25, 0.3) is 0 Å². The Morgan fingerprint density at radius 2 is 2.00 bits per heavy atom. The SMILES string of the molecule is COC(OC)C1(N=C=O)CC1. The topological polar surface area (TPSA) is 47.9 Å². The zero-order valence-corrected chi connectivity index (χ0v) is 6.66. The van der Waals surface area contributed by atoms with E-state index in [-0.39, 0.29) is 0 Å². The molecule has 1 aliphatic carbocycles. The number of carbonyl (C=O) groups excluding carboxylic acids is 1. The van der Waals surface area contributed by atoms with E-state index in [9.17, 15) is 4.79 Å². The lowest BCUT2D eigenvalue weighted by Gasteiger charge is -2.18. The van der Waals surface area contributed by atoms with Gasteiger partial charge in [0, 0.05) is 14.2 Å². The second kappa shape index (κ2) is 3.13. The van der Waals surface area contributed by atoms with Gasteiger partial charge in [-0.2, -0.15) is 4.99 Å². The third-order valence-corrected chi connectivity index (χ3v) is 1.90. The first-order valence-corrected chi connectivity index (χ1v) is 3.44. The van der Waals surface area contributed by atoms with Crippen LogP contribution in [-0.4, -0.2) is 32.1 Å². The van der Waals surface area contributed by atoms with Crippen LogP contribution in [0.2, 0.25) is 0 Å². The summed E-state index contributed by atoms with van der Waals surface area (Å²) < 4.78 is 9.97. The molecule has 0 aliphatic heterocycles. The zero-order chi connectivity index (χ0) is 8.32. The van der Waals surface area contributed by atoms with Gasteiger partial charge in [0.2, 0.25) is 6.08 Å². The Morgan fingerprint density at radius 1 is 1.45 bits per heavy atom. The number of nitrogens with zero attached hydrogens (tertiary/aromatic N) is 1. The van der Waals surface area contributed by atoms with E-state index >= 15 is 0 Å². The maximum Gasteiger partial charge on any atom is 0.235 e. The Kier molecular flexibility index (Phi) is 2.39. The van der Waals surface area contributed by atoms with Crippen LogP contribution in [-0.2, 0) is 14.3 Å². The van der Waals surface area contributed by atoms with Crippen molar-refractivity contribution in [3.63, 3.8) is 0 Å². The fourth-order valence-electron chi connectivity index (χ4n) is 1.15. The summed E-state index contributed by atoms with van der Waals surface area (Å²) in [5.41, 5.74) is -0.425. The van der Waals surface area contributed by atoms with Crippen molar-refractivity contribution in [1.82, 2.24) is 0 Å². The summed E-state index contributed by atoms with van der Waals surface area (Å²) in [6.45, 7) is 0. The van der Waals surface area contributed by atoms with Gasteiger partial charge in [0.1, 0.15) is 5.54 Å². The normalized spacial score (nSPS) is 19.5. The van der Waals surface area contributed by atoms with E-state index < -0.39 is 11.8 Å². The van der Waals surface area contributed by atoms with Crippen molar-refractivity contribution in [2.24, 2.45) is 4.99 Å². The standard InChI is InChI=1S/C7H11NO3/c1-10-6(11-2)7(3-4-7)8-5-9/h6H,3-4H2,1-2H3. The molecule has 11 heavy (non-hydrogen) atoms. The molecule has 0 spiro atoms. The summed E-state index contributed by atoms with van der Waals surface area (Å²) in [7, 11) is 3.07. The highest BCUT2D eigenvalue weighted by Crippen LogP contribution is 2.43. The minimum atomic E-state index is -0.425. The van der Waals surface area contributed by atoms with E-state index in [2.05, 4.69) is 4.99 Å². The fraction of sp³-hybridized carbons (Fsp3) is 0.857. The quantitative estimate of drug-likeness (QED) is 0.338. The van der Waals surface area contributed by atoms with Crippen LogP contribution in [0, 0.1) is 0 Å². The van der Waals surface area contributed by atoms with E-state index in [1.807, 2.05) is 0 Å². The van der Waals surface area contributed by atoms with E-state index in [1.54, 1.807) is 0 Å². The maximum absolute atomic E-state index is 9.99. The number of rotatable bonds is 4. The third-order valence-electron chi connectivity index (χ3n) is 1.90. The minimum absolute atomic E-state index is 0.399. The highest BCUT2D eigenvalue weighted by atomic mass is 16.7. The van der Waals surface area contributed by atoms with Crippen LogP contribution >= 0.6 is 0 Å². The molecule has 1 saturated carbocycles. The molecule has 0 N–H and O–H groups in total. The molecule has 0 radical (unpaired) electrons. The van der Waals surface area contributed by atoms with Crippen molar-refractivity contribution in [2.45, 2.75) is 24.7 Å². The molecule has 0 amide bonds. The van der Waals surface area contributed by atoms with E-state index in [4.69, 9.17) is 9.47 Å². The number of methoxy groups -OCH3 is 2. The van der Waals surface area contributed by atoms with Crippen LogP contribution in [0.1, 0.15) is 12.8 Å². The summed E-state index contributed by atoms with van der Waals surface area (Å²) in [6, 6.07) is 0. The molecule has 1 aliphatic rings. The number of hydrogen-bond acceptors (Lipinski definition) is 4. The van der Waals surface area contributed by atoms with Crippen LogP contribution in [0.3, 0.4) is 0 Å². The lowest BCUT2D eigenvalue weighted by atomic mass is 10.3. The molecule has 0 atom stereocenters. The van der Waals surface area contributed by atoms with Crippen molar-refractivity contribution < 1.29 is 14.3 Å². The van der Waals surface area contributed by atoms with Crippen LogP contribution in [0.5, 0.6) is 0 Å². The number of isocyanates is 1. The maximum atomic E-state index is 9.99. The van der Waals surface area contributed by atoms with Crippen LogP contribution in [0.25, 0.3) is 0 Å². The fourth-order valence-corrected chi connectivity index (χ4v) is 1.15. The molecule has 1 fully saturated rings. The van der Waals surface area contributed by atoms with Gasteiger partial charge in [0.15, 0.2) is 6.29 Å². The van der Waals surface area contributed by atoms with Gasteiger partial charge in [-0.3, -0.25) is 0 Å². The first-order valence-electron chi connectivity index (χ1n) is 3.44. The molecule has 0 saturated heterocycles. The molecule has 0 aromatic heterocycles. The van der Waals surface area contributed by atoms with Gasteiger partial charge >= 0.3 is 0 Å². The monoisotopic (exact) mass is 157 g/mol. The predicted molar refractivity (Wildman–Crippen MR) is 37.9 cm³/mol. The summed E-state index contributed by atoms with van der Waals surface area (Å²) in [5, 5.41) is 0. The van der Waals surface area contributed by atoms with Crippen LogP contribution in [0.4, 0.5) is 0 Å². The molecule has 0 heterocycles. The highest BCUT2D eigenvalue weighted by molar-refractivity contribution is 5.36. The first kappa shape index (κ1) is 8.40. The summed E-state index contributed by atoms with van der Waals surface area (Å²) in [5.74, 6) is 0. The first-order chi connectivity index (χ1) is 5.29. The Morgan fingerprint density at radius 3 is 2.27 bits per heavy atom. The average Bonchev–Trinajstić information content (AvgIpc) is 2.73. The number of hydrogen-bond donors (Lipinski definition) is 0. The molecular formula is C7H11NO3. The molecule has 4 heteroatoms. The van der Waals surface area contributed by atoms with Crippen molar-refractivity contribution >= 4 is 6.08 Å². The van der Waals surface area contributed by atoms with E-state index in [0.29, 0.717) is 0 Å². The second-order valence-electron chi connectivity index (χ2n) is 2.61. The minimum Gasteiger partial charge on any atom is -0.353 e. The van der Waals surface area contributed by atoms with E-state index in [0.717, 1.165) is 12.8 Å². The molecule has 0 unspecified atom stereocenters. The van der Waals surface area contributed by atoms with Crippen molar-refractivity contribution in [1.29, 1.82) is 0 Å². The van der Waals surface area contributed by atoms with Crippen LogP contribution in [0.15, 0.2) is 4.99 Å². The molecule has 0 aromatic rings. The van der Waals surface area contributed by atoms with Crippen molar-refractivity contribution in [2.75, 3.05) is 14.2 Å². The molecular weight excluding hydrogens is 146 g/mol. The van der Waals surface area contributed by atoms with Crippen molar-refractivity contribution in [3.8, 4) is 0 Å². The molecule has 62 valence electrons. The highest BCUT2D eigenvalue weighted by Gasteiger charge is 2.51. The van der Waals surface area contributed by atoms with Gasteiger partial charge in [0.05, 0.1) is 0 Å². The largest absolute Gasteiger partial charge is 0.353 e. The molecule has 1 rings (SSSR count). The van der Waals surface area contributed by atoms with Gasteiger partial charge in [-0.05, 0) is 12.8 Å².